The summed E-state index contributed by atoms with van der Waals surface area (Å²) >= 11 is 0. The molecule has 3 aromatic rings. The lowest BCUT2D eigenvalue weighted by molar-refractivity contribution is 0.265. The third kappa shape index (κ3) is 8.07. The van der Waals surface area contributed by atoms with Crippen LogP contribution >= 0.6 is 0 Å². The van der Waals surface area contributed by atoms with Gasteiger partial charge in [-0.15, -0.1) is 6.58 Å². The van der Waals surface area contributed by atoms with E-state index in [-0.39, 0.29) is 5.82 Å². The molecule has 0 N–H and O–H groups in total. The van der Waals surface area contributed by atoms with Crippen LogP contribution in [0.2, 0.25) is 0 Å². The first-order valence-electron chi connectivity index (χ1n) is 14.6. The maximum Gasteiger partial charge on any atom is 0.146 e. The molecule has 0 unspecified atom stereocenters. The lowest BCUT2D eigenvalue weighted by atomic mass is 9.78. The van der Waals surface area contributed by atoms with E-state index in [0.29, 0.717) is 10.9 Å². The van der Waals surface area contributed by atoms with Gasteiger partial charge in [0.25, 0.3) is 0 Å². The number of aryl methyl sites for hydroxylation is 2. The Morgan fingerprint density at radius 2 is 1.54 bits per heavy atom. The molecule has 1 aliphatic carbocycles. The van der Waals surface area contributed by atoms with E-state index >= 15 is 4.39 Å². The number of fused-ring (bicyclic) bond motifs is 1. The van der Waals surface area contributed by atoms with Gasteiger partial charge in [-0.25, -0.2) is 4.39 Å². The van der Waals surface area contributed by atoms with E-state index in [2.05, 4.69) is 67.8 Å². The highest BCUT2D eigenvalue weighted by atomic mass is 19.1. The number of hydrogen-bond acceptors (Lipinski definition) is 0. The molecule has 0 atom stereocenters. The second kappa shape index (κ2) is 14.2. The first-order chi connectivity index (χ1) is 18.2. The van der Waals surface area contributed by atoms with E-state index in [1.54, 1.807) is 0 Å². The fourth-order valence-corrected chi connectivity index (χ4v) is 5.78. The molecule has 3 aromatic carbocycles. The largest absolute Gasteiger partial charge is 0.205 e. The minimum atomic E-state index is -0.209. The van der Waals surface area contributed by atoms with Crippen LogP contribution in [0.3, 0.4) is 0 Å². The Labute approximate surface area is 224 Å². The quantitative estimate of drug-likeness (QED) is 0.141. The molecule has 37 heavy (non-hydrogen) atoms. The summed E-state index contributed by atoms with van der Waals surface area (Å²) in [6.45, 7) is 6.13. The third-order valence-corrected chi connectivity index (χ3v) is 8.19. The van der Waals surface area contributed by atoms with Gasteiger partial charge in [0.1, 0.15) is 5.82 Å². The average Bonchev–Trinajstić information content (AvgIpc) is 2.93. The summed E-state index contributed by atoms with van der Waals surface area (Å²) in [5.74, 6) is 7.76. The predicted octanol–water partition coefficient (Wildman–Crippen LogP) is 10.2. The van der Waals surface area contributed by atoms with Crippen molar-refractivity contribution in [3.63, 3.8) is 0 Å². The Hall–Kier alpha value is -2.85. The summed E-state index contributed by atoms with van der Waals surface area (Å²) in [5, 5.41) is 1.63. The van der Waals surface area contributed by atoms with E-state index < -0.39 is 0 Å². The van der Waals surface area contributed by atoms with E-state index in [9.17, 15) is 0 Å². The van der Waals surface area contributed by atoms with Gasteiger partial charge in [-0.2, -0.15) is 0 Å². The summed E-state index contributed by atoms with van der Waals surface area (Å²) < 4.78 is 15.2. The summed E-state index contributed by atoms with van der Waals surface area (Å²) in [7, 11) is 0. The lowest BCUT2D eigenvalue weighted by Crippen LogP contribution is -2.14. The molecule has 1 fully saturated rings. The second-order valence-corrected chi connectivity index (χ2v) is 11.0. The zero-order valence-electron chi connectivity index (χ0n) is 22.7. The average molecular weight is 495 g/mol. The summed E-state index contributed by atoms with van der Waals surface area (Å²) in [5.41, 5.74) is 4.07. The van der Waals surface area contributed by atoms with Crippen LogP contribution in [-0.4, -0.2) is 0 Å². The van der Waals surface area contributed by atoms with Crippen molar-refractivity contribution in [2.24, 2.45) is 11.8 Å². The highest BCUT2D eigenvalue weighted by Gasteiger charge is 2.20. The van der Waals surface area contributed by atoms with Crippen LogP contribution in [0.1, 0.15) is 99.8 Å². The minimum Gasteiger partial charge on any atom is -0.205 e. The molecule has 1 aliphatic rings. The van der Waals surface area contributed by atoms with Crippen LogP contribution in [-0.2, 0) is 12.8 Å². The normalized spacial score (nSPS) is 17.4. The van der Waals surface area contributed by atoms with Crippen LogP contribution < -0.4 is 0 Å². The van der Waals surface area contributed by atoms with Crippen LogP contribution in [0, 0.1) is 29.5 Å². The molecular weight excluding hydrogens is 451 g/mol. The number of allylic oxidation sites excluding steroid dienone is 1. The van der Waals surface area contributed by atoms with Crippen molar-refractivity contribution in [1.29, 1.82) is 0 Å². The molecule has 0 radical (unpaired) electrons. The van der Waals surface area contributed by atoms with Gasteiger partial charge in [-0.1, -0.05) is 99.8 Å². The van der Waals surface area contributed by atoms with Gasteiger partial charge in [0, 0.05) is 10.9 Å². The maximum absolute atomic E-state index is 15.2. The third-order valence-electron chi connectivity index (χ3n) is 8.19. The van der Waals surface area contributed by atoms with Gasteiger partial charge in [-0.3, -0.25) is 0 Å². The number of rotatable bonds is 11. The van der Waals surface area contributed by atoms with Crippen molar-refractivity contribution in [2.45, 2.75) is 90.4 Å². The van der Waals surface area contributed by atoms with E-state index in [4.69, 9.17) is 0 Å². The van der Waals surface area contributed by atoms with Gasteiger partial charge in [0.05, 0.1) is 5.56 Å². The van der Waals surface area contributed by atoms with Crippen molar-refractivity contribution in [1.82, 2.24) is 0 Å². The van der Waals surface area contributed by atoms with Gasteiger partial charge in [0.15, 0.2) is 0 Å². The smallest absolute Gasteiger partial charge is 0.146 e. The molecule has 0 nitrogen and oxygen atoms in total. The van der Waals surface area contributed by atoms with E-state index in [1.165, 1.54) is 81.8 Å². The van der Waals surface area contributed by atoms with Crippen LogP contribution in [0.4, 0.5) is 4.39 Å². The fourth-order valence-electron chi connectivity index (χ4n) is 5.78. The van der Waals surface area contributed by atoms with Crippen molar-refractivity contribution in [3.8, 4) is 11.8 Å². The van der Waals surface area contributed by atoms with Crippen molar-refractivity contribution in [2.75, 3.05) is 0 Å². The van der Waals surface area contributed by atoms with Gasteiger partial charge >= 0.3 is 0 Å². The van der Waals surface area contributed by atoms with Crippen molar-refractivity contribution in [3.05, 3.63) is 95.3 Å². The first kappa shape index (κ1) is 27.2. The molecule has 0 saturated heterocycles. The molecule has 0 amide bonds. The predicted molar refractivity (Wildman–Crippen MR) is 157 cm³/mol. The van der Waals surface area contributed by atoms with Crippen LogP contribution in [0.25, 0.3) is 10.8 Å². The summed E-state index contributed by atoms with van der Waals surface area (Å²) in [6.07, 6.45) is 18.5. The molecule has 0 aromatic heterocycles. The Morgan fingerprint density at radius 1 is 0.811 bits per heavy atom. The van der Waals surface area contributed by atoms with Gasteiger partial charge in [0.2, 0.25) is 0 Å². The molecule has 1 saturated carbocycles. The van der Waals surface area contributed by atoms with Crippen molar-refractivity contribution >= 4 is 10.8 Å². The molecule has 0 heterocycles. The Balaban J connectivity index is 1.31. The number of halogens is 1. The number of hydrogen-bond donors (Lipinski definition) is 0. The number of benzene rings is 3. The number of unbranched alkanes of at least 4 members (excludes halogenated alkanes) is 4. The topological polar surface area (TPSA) is 0 Å². The Kier molecular flexibility index (Phi) is 10.4. The van der Waals surface area contributed by atoms with Crippen molar-refractivity contribution < 1.29 is 4.39 Å². The monoisotopic (exact) mass is 494 g/mol. The molecule has 0 aliphatic heterocycles. The minimum absolute atomic E-state index is 0.209. The summed E-state index contributed by atoms with van der Waals surface area (Å²) in [6, 6.07) is 18.5. The highest BCUT2D eigenvalue weighted by Crippen LogP contribution is 2.33. The summed E-state index contributed by atoms with van der Waals surface area (Å²) in [4.78, 5) is 0. The molecule has 194 valence electrons. The SMILES string of the molecule is C=CCC1CCC(CCc2ccc(C#Cc3ccc4cc(CCCCCCC)ccc4c3F)cc2)CC1. The fraction of sp³-hybridized carbons (Fsp3) is 0.444. The highest BCUT2D eigenvalue weighted by molar-refractivity contribution is 5.85. The molecule has 1 heteroatoms. The second-order valence-electron chi connectivity index (χ2n) is 11.0. The first-order valence-corrected chi connectivity index (χ1v) is 14.6. The molecular formula is C36H43F. The Morgan fingerprint density at radius 3 is 2.30 bits per heavy atom. The lowest BCUT2D eigenvalue weighted by Gasteiger charge is -2.27. The molecule has 0 spiro atoms. The van der Waals surface area contributed by atoms with Gasteiger partial charge in [-0.05, 0) is 91.5 Å². The van der Waals surface area contributed by atoms with Gasteiger partial charge < -0.3 is 0 Å². The molecule has 4 rings (SSSR count). The zero-order chi connectivity index (χ0) is 25.9. The van der Waals surface area contributed by atoms with Crippen LogP contribution in [0.15, 0.2) is 67.3 Å². The van der Waals surface area contributed by atoms with Crippen LogP contribution in [0.5, 0.6) is 0 Å². The van der Waals surface area contributed by atoms with E-state index in [1.807, 2.05) is 18.2 Å². The zero-order valence-corrected chi connectivity index (χ0v) is 22.7. The Bertz CT molecular complexity index is 1200. The standard InChI is InChI=1S/C36H43F/c1-3-5-6-7-8-10-32-22-26-35-34(27-32)25-24-33(36(35)37)23-21-31-19-17-30(18-20-31)16-15-29-13-11-28(9-4-2)12-14-29/h4,17-20,22,24-29H,2-3,5-16H2,1H3. The maximum atomic E-state index is 15.2. The molecule has 0 bridgehead atoms. The van der Waals surface area contributed by atoms with E-state index in [0.717, 1.165) is 35.6 Å².